The van der Waals surface area contributed by atoms with Crippen molar-refractivity contribution in [3.8, 4) is 12.1 Å². The third-order valence-electron chi connectivity index (χ3n) is 2.66. The lowest BCUT2D eigenvalue weighted by atomic mass is 9.84. The van der Waals surface area contributed by atoms with Gasteiger partial charge in [-0.25, -0.2) is 0 Å². The average molecular weight is 218 g/mol. The third kappa shape index (κ3) is 0.856. The van der Waals surface area contributed by atoms with E-state index in [0.29, 0.717) is 0 Å². The van der Waals surface area contributed by atoms with Gasteiger partial charge in [-0.05, 0) is 0 Å². The number of carbonyl (C=O) groups excluding carboxylic acids is 1. The molecule has 0 aromatic heterocycles. The molecule has 5 heteroatoms. The van der Waals surface area contributed by atoms with Crippen LogP contribution in [0.3, 0.4) is 0 Å². The Bertz CT molecular complexity index is 552. The van der Waals surface area contributed by atoms with Crippen LogP contribution in [0, 0.1) is 28.1 Å². The van der Waals surface area contributed by atoms with E-state index in [1.165, 1.54) is 18.2 Å². The van der Waals surface area contributed by atoms with Crippen LogP contribution in [0.15, 0.2) is 24.3 Å². The molecule has 0 bridgehead atoms. The molecule has 3 nitrogen and oxygen atoms in total. The highest BCUT2D eigenvalue weighted by atomic mass is 19.3. The molecule has 0 fully saturated rings. The molecule has 1 aliphatic rings. The predicted octanol–water partition coefficient (Wildman–Crippen LogP) is 2.01. The molecule has 0 unspecified atom stereocenters. The van der Waals surface area contributed by atoms with Gasteiger partial charge in [-0.3, -0.25) is 4.79 Å². The fourth-order valence-corrected chi connectivity index (χ4v) is 1.77. The minimum atomic E-state index is -3.76. The molecule has 2 rings (SSSR count). The molecule has 0 saturated heterocycles. The lowest BCUT2D eigenvalue weighted by Crippen LogP contribution is -2.37. The molecule has 1 aromatic carbocycles. The second-order valence-corrected chi connectivity index (χ2v) is 3.42. The Morgan fingerprint density at radius 1 is 1.12 bits per heavy atom. The van der Waals surface area contributed by atoms with Gasteiger partial charge in [-0.15, -0.1) is 0 Å². The molecule has 1 aliphatic carbocycles. The summed E-state index contributed by atoms with van der Waals surface area (Å²) >= 11 is 0. The van der Waals surface area contributed by atoms with E-state index in [9.17, 15) is 13.6 Å². The molecular weight excluding hydrogens is 214 g/mol. The first-order valence-corrected chi connectivity index (χ1v) is 4.36. The van der Waals surface area contributed by atoms with E-state index < -0.39 is 22.7 Å². The number of carbonyl (C=O) groups is 1. The summed E-state index contributed by atoms with van der Waals surface area (Å²) in [5.41, 5.74) is -3.73. The van der Waals surface area contributed by atoms with E-state index in [4.69, 9.17) is 10.5 Å². The quantitative estimate of drug-likeness (QED) is 0.669. The van der Waals surface area contributed by atoms with Crippen molar-refractivity contribution in [1.82, 2.24) is 0 Å². The molecule has 0 N–H and O–H groups in total. The zero-order valence-corrected chi connectivity index (χ0v) is 7.87. The topological polar surface area (TPSA) is 64.7 Å². The Hall–Kier alpha value is -2.27. The number of rotatable bonds is 0. The van der Waals surface area contributed by atoms with Crippen LogP contribution < -0.4 is 0 Å². The van der Waals surface area contributed by atoms with Crippen molar-refractivity contribution < 1.29 is 13.6 Å². The van der Waals surface area contributed by atoms with Gasteiger partial charge in [-0.1, -0.05) is 24.3 Å². The molecule has 78 valence electrons. The number of nitrogens with zero attached hydrogens (tertiary/aromatic N) is 2. The monoisotopic (exact) mass is 218 g/mol. The molecule has 0 atom stereocenters. The Labute approximate surface area is 89.5 Å². The zero-order valence-electron chi connectivity index (χ0n) is 7.87. The molecule has 1 aromatic rings. The lowest BCUT2D eigenvalue weighted by molar-refractivity contribution is -0.0517. The van der Waals surface area contributed by atoms with Crippen molar-refractivity contribution >= 4 is 5.78 Å². The Morgan fingerprint density at radius 3 is 2.19 bits per heavy atom. The number of alkyl halides is 2. The first kappa shape index (κ1) is 10.3. The number of fused-ring (bicyclic) bond motifs is 1. The predicted molar refractivity (Wildman–Crippen MR) is 48.3 cm³/mol. The number of hydrogen-bond acceptors (Lipinski definition) is 3. The van der Waals surface area contributed by atoms with E-state index >= 15 is 0 Å². The van der Waals surface area contributed by atoms with Crippen molar-refractivity contribution in [2.24, 2.45) is 5.41 Å². The molecule has 0 heterocycles. The highest BCUT2D eigenvalue weighted by Gasteiger charge is 2.67. The smallest absolute Gasteiger partial charge is 0.291 e. The number of halogens is 2. The SMILES string of the molecule is N#CC1(C#N)C(=O)c2ccccc2C1(F)F. The van der Waals surface area contributed by atoms with Crippen LogP contribution in [0.1, 0.15) is 15.9 Å². The van der Waals surface area contributed by atoms with Crippen LogP contribution in [0.5, 0.6) is 0 Å². The molecule has 0 amide bonds. The summed E-state index contributed by atoms with van der Waals surface area (Å²) in [5.74, 6) is -4.89. The maximum absolute atomic E-state index is 13.8. The largest absolute Gasteiger partial charge is 0.312 e. The van der Waals surface area contributed by atoms with Crippen molar-refractivity contribution in [3.63, 3.8) is 0 Å². The molecule has 0 saturated carbocycles. The Morgan fingerprint density at radius 2 is 1.69 bits per heavy atom. The fraction of sp³-hybridized carbons (Fsp3) is 0.182. The number of ketones is 1. The van der Waals surface area contributed by atoms with E-state index in [0.717, 1.165) is 18.2 Å². The Balaban J connectivity index is 2.83. The van der Waals surface area contributed by atoms with Crippen molar-refractivity contribution in [2.75, 3.05) is 0 Å². The van der Waals surface area contributed by atoms with Gasteiger partial charge < -0.3 is 0 Å². The van der Waals surface area contributed by atoms with Gasteiger partial charge in [0.15, 0.2) is 0 Å². The van der Waals surface area contributed by atoms with Crippen molar-refractivity contribution in [2.45, 2.75) is 5.92 Å². The minimum Gasteiger partial charge on any atom is -0.291 e. The fourth-order valence-electron chi connectivity index (χ4n) is 1.77. The Kier molecular flexibility index (Phi) is 1.84. The third-order valence-corrected chi connectivity index (χ3v) is 2.66. The molecule has 0 radical (unpaired) electrons. The summed E-state index contributed by atoms with van der Waals surface area (Å²) in [4.78, 5) is 11.7. The first-order valence-electron chi connectivity index (χ1n) is 4.36. The van der Waals surface area contributed by atoms with Gasteiger partial charge in [0.2, 0.25) is 5.78 Å². The van der Waals surface area contributed by atoms with E-state index in [1.54, 1.807) is 0 Å². The maximum atomic E-state index is 13.8. The van der Waals surface area contributed by atoms with Crippen LogP contribution in [0.4, 0.5) is 8.78 Å². The van der Waals surface area contributed by atoms with Crippen LogP contribution in [-0.2, 0) is 5.92 Å². The highest BCUT2D eigenvalue weighted by Crippen LogP contribution is 2.53. The van der Waals surface area contributed by atoms with E-state index in [1.807, 2.05) is 0 Å². The molecule has 0 aliphatic heterocycles. The zero-order chi connectivity index (χ0) is 12.0. The summed E-state index contributed by atoms with van der Waals surface area (Å²) in [7, 11) is 0. The molecule has 0 spiro atoms. The maximum Gasteiger partial charge on any atom is 0.312 e. The molecular formula is C11H4F2N2O. The number of benzene rings is 1. The number of nitriles is 2. The summed E-state index contributed by atoms with van der Waals surface area (Å²) in [6.45, 7) is 0. The summed E-state index contributed by atoms with van der Waals surface area (Å²) in [6, 6.07) is 7.31. The number of hydrogen-bond donors (Lipinski definition) is 0. The highest BCUT2D eigenvalue weighted by molar-refractivity contribution is 6.09. The van der Waals surface area contributed by atoms with E-state index in [-0.39, 0.29) is 5.56 Å². The second-order valence-electron chi connectivity index (χ2n) is 3.42. The van der Waals surface area contributed by atoms with Crippen LogP contribution in [0.2, 0.25) is 0 Å². The lowest BCUT2D eigenvalue weighted by Gasteiger charge is -2.19. The summed E-state index contributed by atoms with van der Waals surface area (Å²) < 4.78 is 27.7. The normalized spacial score (nSPS) is 19.6. The van der Waals surface area contributed by atoms with Gasteiger partial charge >= 0.3 is 5.92 Å². The summed E-state index contributed by atoms with van der Waals surface area (Å²) in [6.07, 6.45) is 0. The second kappa shape index (κ2) is 2.86. The van der Waals surface area contributed by atoms with Crippen LogP contribution >= 0.6 is 0 Å². The van der Waals surface area contributed by atoms with Crippen molar-refractivity contribution in [1.29, 1.82) is 10.5 Å². The molecule has 16 heavy (non-hydrogen) atoms. The van der Waals surface area contributed by atoms with Gasteiger partial charge in [0.1, 0.15) is 0 Å². The average Bonchev–Trinajstić information content (AvgIpc) is 2.46. The van der Waals surface area contributed by atoms with Gasteiger partial charge in [0, 0.05) is 11.1 Å². The number of Topliss-reactive ketones (excluding diaryl/α,β-unsaturated/α-hetero) is 1. The van der Waals surface area contributed by atoms with E-state index in [2.05, 4.69) is 0 Å². The van der Waals surface area contributed by atoms with Crippen molar-refractivity contribution in [3.05, 3.63) is 35.4 Å². The first-order chi connectivity index (χ1) is 7.51. The minimum absolute atomic E-state index is 0.254. The van der Waals surface area contributed by atoms with Crippen LogP contribution in [-0.4, -0.2) is 5.78 Å². The summed E-state index contributed by atoms with van der Waals surface area (Å²) in [5, 5.41) is 17.4. The van der Waals surface area contributed by atoms with Crippen LogP contribution in [0.25, 0.3) is 0 Å². The van der Waals surface area contributed by atoms with Gasteiger partial charge in [0.25, 0.3) is 5.41 Å². The van der Waals surface area contributed by atoms with Gasteiger partial charge in [0.05, 0.1) is 12.1 Å². The standard InChI is InChI=1S/C11H4F2N2O/c12-11(13)8-4-2-1-3-7(8)9(16)10(11,5-14)6-15/h1-4H. The van der Waals surface area contributed by atoms with Gasteiger partial charge in [-0.2, -0.15) is 19.3 Å².